The highest BCUT2D eigenvalue weighted by Gasteiger charge is 2.26. The topological polar surface area (TPSA) is 96.1 Å². The Bertz CT molecular complexity index is 1150. The molecule has 0 radical (unpaired) electrons. The van der Waals surface area contributed by atoms with Crippen molar-refractivity contribution < 1.29 is 23.8 Å². The van der Waals surface area contributed by atoms with Crippen LogP contribution in [0.2, 0.25) is 5.15 Å². The molecular formula is C23H28ClN3O5S. The Morgan fingerprint density at radius 1 is 1.36 bits per heavy atom. The third kappa shape index (κ3) is 5.78. The number of carbonyl (C=O) groups is 2. The third-order valence-corrected chi connectivity index (χ3v) is 6.68. The molecule has 3 aromatic rings. The first-order valence-electron chi connectivity index (χ1n) is 10.4. The molecule has 8 nitrogen and oxygen atoms in total. The molecule has 3 rings (SSSR count). The lowest BCUT2D eigenvalue weighted by Crippen LogP contribution is -2.40. The Morgan fingerprint density at radius 2 is 2.06 bits per heavy atom. The molecule has 10 heteroatoms. The summed E-state index contributed by atoms with van der Waals surface area (Å²) < 4.78 is 11.5. The number of aromatic nitrogens is 1. The molecule has 0 bridgehead atoms. The van der Waals surface area contributed by atoms with E-state index < -0.39 is 17.8 Å². The zero-order chi connectivity index (χ0) is 24.5. The van der Waals surface area contributed by atoms with E-state index in [0.717, 1.165) is 10.4 Å². The van der Waals surface area contributed by atoms with Gasteiger partial charge >= 0.3 is 12.2 Å². The van der Waals surface area contributed by atoms with E-state index in [0.29, 0.717) is 28.1 Å². The number of rotatable bonds is 6. The number of likely N-dealkylation sites (N-methyl/N-ethyl adjacent to an activating group) is 1. The minimum Gasteiger partial charge on any atom is -0.467 e. The molecule has 3 aromatic heterocycles. The van der Waals surface area contributed by atoms with Gasteiger partial charge in [-0.3, -0.25) is 4.90 Å². The monoisotopic (exact) mass is 493 g/mol. The van der Waals surface area contributed by atoms with Crippen LogP contribution < -0.4 is 4.90 Å². The largest absolute Gasteiger partial charge is 0.467 e. The number of anilines is 1. The lowest BCUT2D eigenvalue weighted by atomic mass is 10.1. The van der Waals surface area contributed by atoms with Crippen molar-refractivity contribution in [3.05, 3.63) is 45.8 Å². The number of fused-ring (bicyclic) bond motifs is 1. The van der Waals surface area contributed by atoms with E-state index in [1.165, 1.54) is 22.5 Å². The quantitative estimate of drug-likeness (QED) is 0.403. The van der Waals surface area contributed by atoms with Gasteiger partial charge in [0.15, 0.2) is 0 Å². The molecular weight excluding hydrogens is 466 g/mol. The average molecular weight is 494 g/mol. The third-order valence-electron chi connectivity index (χ3n) is 5.16. The first kappa shape index (κ1) is 24.9. The summed E-state index contributed by atoms with van der Waals surface area (Å²) >= 11 is 7.73. The fourth-order valence-corrected chi connectivity index (χ4v) is 4.88. The average Bonchev–Trinajstić information content (AvgIpc) is 3.32. The van der Waals surface area contributed by atoms with Crippen LogP contribution >= 0.6 is 22.9 Å². The molecule has 0 saturated heterocycles. The molecule has 1 N–H and O–H groups in total. The Morgan fingerprint density at radius 3 is 2.64 bits per heavy atom. The summed E-state index contributed by atoms with van der Waals surface area (Å²) in [5, 5.41) is 10.1. The number of pyridine rings is 1. The molecule has 0 aliphatic heterocycles. The fraction of sp³-hybridized carbons (Fsp3) is 0.435. The van der Waals surface area contributed by atoms with Gasteiger partial charge in [0.2, 0.25) is 0 Å². The Hall–Kier alpha value is -2.78. The van der Waals surface area contributed by atoms with E-state index in [-0.39, 0.29) is 17.7 Å². The molecule has 0 spiro atoms. The number of hydrogen-bond acceptors (Lipinski definition) is 6. The van der Waals surface area contributed by atoms with Crippen molar-refractivity contribution in [1.29, 1.82) is 0 Å². The van der Waals surface area contributed by atoms with Gasteiger partial charge in [-0.1, -0.05) is 11.6 Å². The minimum atomic E-state index is -1.12. The van der Waals surface area contributed by atoms with Crippen LogP contribution in [-0.4, -0.2) is 45.9 Å². The summed E-state index contributed by atoms with van der Waals surface area (Å²) in [4.78, 5) is 32.8. The van der Waals surface area contributed by atoms with E-state index >= 15 is 0 Å². The summed E-state index contributed by atoms with van der Waals surface area (Å²) in [6.45, 7) is 9.39. The highest BCUT2D eigenvalue weighted by atomic mass is 35.5. The molecule has 0 aliphatic rings. The summed E-state index contributed by atoms with van der Waals surface area (Å²) in [6, 6.07) is 4.83. The number of halogens is 1. The van der Waals surface area contributed by atoms with Gasteiger partial charge < -0.3 is 19.2 Å². The van der Waals surface area contributed by atoms with Crippen LogP contribution in [0, 0.1) is 6.92 Å². The number of amides is 2. The normalized spacial score (nSPS) is 12.6. The highest BCUT2D eigenvalue weighted by molar-refractivity contribution is 7.19. The lowest BCUT2D eigenvalue weighted by Gasteiger charge is -2.28. The van der Waals surface area contributed by atoms with Gasteiger partial charge in [-0.25, -0.2) is 14.6 Å². The van der Waals surface area contributed by atoms with Crippen LogP contribution in [0.15, 0.2) is 28.9 Å². The van der Waals surface area contributed by atoms with Gasteiger partial charge in [0.05, 0.1) is 28.7 Å². The van der Waals surface area contributed by atoms with Crippen molar-refractivity contribution in [2.45, 2.75) is 59.2 Å². The number of thiophene rings is 1. The molecule has 3 heterocycles. The second kappa shape index (κ2) is 9.61. The maximum absolute atomic E-state index is 12.5. The fourth-order valence-electron chi connectivity index (χ4n) is 3.30. The van der Waals surface area contributed by atoms with E-state index in [9.17, 15) is 14.7 Å². The van der Waals surface area contributed by atoms with Gasteiger partial charge in [0.1, 0.15) is 16.5 Å². The molecule has 178 valence electrons. The Labute approximate surface area is 201 Å². The van der Waals surface area contributed by atoms with Crippen molar-refractivity contribution in [3.8, 4) is 0 Å². The SMILES string of the molecule is Cc1c(C[C@H](C)N(C)C(=O)OC(C)(C)C)sc2c(N(Cc3ccco3)C(=O)O)cc(Cl)nc12. The Kier molecular flexibility index (Phi) is 7.23. The van der Waals surface area contributed by atoms with Crippen molar-refractivity contribution in [3.63, 3.8) is 0 Å². The number of aryl methyl sites for hydroxylation is 1. The van der Waals surface area contributed by atoms with Crippen LogP contribution in [0.3, 0.4) is 0 Å². The van der Waals surface area contributed by atoms with Crippen molar-refractivity contribution in [1.82, 2.24) is 9.88 Å². The maximum Gasteiger partial charge on any atom is 0.412 e. The molecule has 33 heavy (non-hydrogen) atoms. The summed E-state index contributed by atoms with van der Waals surface area (Å²) in [5.41, 5.74) is 1.42. The second-order valence-corrected chi connectivity index (χ2v) is 10.4. The predicted molar refractivity (Wildman–Crippen MR) is 129 cm³/mol. The van der Waals surface area contributed by atoms with Gasteiger partial charge in [-0.2, -0.15) is 0 Å². The summed E-state index contributed by atoms with van der Waals surface area (Å²) in [5.74, 6) is 0.514. The second-order valence-electron chi connectivity index (χ2n) is 8.88. The first-order chi connectivity index (χ1) is 15.4. The van der Waals surface area contributed by atoms with Gasteiger partial charge in [0.25, 0.3) is 0 Å². The molecule has 0 aromatic carbocycles. The molecule has 0 saturated carbocycles. The molecule has 0 unspecified atom stereocenters. The van der Waals surface area contributed by atoms with Crippen LogP contribution in [0.25, 0.3) is 10.2 Å². The van der Waals surface area contributed by atoms with E-state index in [1.807, 2.05) is 34.6 Å². The minimum absolute atomic E-state index is 0.0435. The Balaban J connectivity index is 1.95. The zero-order valence-electron chi connectivity index (χ0n) is 19.5. The van der Waals surface area contributed by atoms with E-state index in [4.69, 9.17) is 20.8 Å². The van der Waals surface area contributed by atoms with Gasteiger partial charge in [0, 0.05) is 30.5 Å². The van der Waals surface area contributed by atoms with Crippen molar-refractivity contribution in [2.24, 2.45) is 0 Å². The molecule has 0 aliphatic carbocycles. The van der Waals surface area contributed by atoms with Gasteiger partial charge in [-0.05, 0) is 52.3 Å². The first-order valence-corrected chi connectivity index (χ1v) is 11.6. The van der Waals surface area contributed by atoms with Crippen molar-refractivity contribution in [2.75, 3.05) is 11.9 Å². The van der Waals surface area contributed by atoms with Crippen LogP contribution in [0.5, 0.6) is 0 Å². The number of furan rings is 1. The smallest absolute Gasteiger partial charge is 0.412 e. The highest BCUT2D eigenvalue weighted by Crippen LogP contribution is 2.39. The number of carbonyl (C=O) groups excluding carboxylic acids is 1. The van der Waals surface area contributed by atoms with Gasteiger partial charge in [-0.15, -0.1) is 11.3 Å². The van der Waals surface area contributed by atoms with E-state index in [2.05, 4.69) is 4.98 Å². The van der Waals surface area contributed by atoms with E-state index in [1.54, 1.807) is 30.1 Å². The van der Waals surface area contributed by atoms with Crippen LogP contribution in [0.1, 0.15) is 43.9 Å². The number of carboxylic acid groups (broad SMARTS) is 1. The van der Waals surface area contributed by atoms with Crippen LogP contribution in [0.4, 0.5) is 15.3 Å². The molecule has 1 atom stereocenters. The number of nitrogens with zero attached hydrogens (tertiary/aromatic N) is 3. The zero-order valence-corrected chi connectivity index (χ0v) is 21.1. The maximum atomic E-state index is 12.5. The summed E-state index contributed by atoms with van der Waals surface area (Å²) in [6.07, 6.45) is 0.539. The molecule has 2 amide bonds. The number of ether oxygens (including phenoxy) is 1. The number of hydrogen-bond donors (Lipinski definition) is 1. The molecule has 0 fully saturated rings. The predicted octanol–water partition coefficient (Wildman–Crippen LogP) is 6.33. The van der Waals surface area contributed by atoms with Crippen molar-refractivity contribution >= 4 is 51.0 Å². The summed E-state index contributed by atoms with van der Waals surface area (Å²) in [7, 11) is 1.71. The standard InChI is InChI=1S/C23H28ClN3O5S/c1-13(26(6)22(30)32-23(3,4)5)10-17-14(2)19-20(33-17)16(11-18(24)25-19)27(21(28)29)12-15-8-7-9-31-15/h7-9,11,13H,10,12H2,1-6H3,(H,28,29)/t13-/m0/s1. The van der Waals surface area contributed by atoms with Crippen LogP contribution in [-0.2, 0) is 17.7 Å². The lowest BCUT2D eigenvalue weighted by molar-refractivity contribution is 0.0236.